The zero-order chi connectivity index (χ0) is 20.5. The number of nitrogens with zero attached hydrogens (tertiary/aromatic N) is 1. The fraction of sp³-hybridized carbons (Fsp3) is 0.0909. The molecule has 0 fully saturated rings. The van der Waals surface area contributed by atoms with Crippen LogP contribution in [0.15, 0.2) is 60.7 Å². The van der Waals surface area contributed by atoms with E-state index >= 15 is 0 Å². The van der Waals surface area contributed by atoms with E-state index in [0.717, 1.165) is 5.69 Å². The number of amides is 2. The quantitative estimate of drug-likeness (QED) is 0.639. The van der Waals surface area contributed by atoms with E-state index in [4.69, 9.17) is 16.3 Å². The molecule has 2 N–H and O–H groups in total. The van der Waals surface area contributed by atoms with Gasteiger partial charge in [0.1, 0.15) is 5.75 Å². The van der Waals surface area contributed by atoms with Crippen molar-refractivity contribution in [1.29, 1.82) is 0 Å². The first-order valence-corrected chi connectivity index (χ1v) is 9.30. The summed E-state index contributed by atoms with van der Waals surface area (Å²) in [5, 5.41) is 6.09. The van der Waals surface area contributed by atoms with Crippen LogP contribution >= 0.6 is 11.6 Å². The van der Waals surface area contributed by atoms with E-state index in [1.807, 2.05) is 31.1 Å². The number of anilines is 3. The lowest BCUT2D eigenvalue weighted by molar-refractivity contribution is 0.101. The molecule has 0 saturated carbocycles. The Morgan fingerprint density at radius 1 is 1.00 bits per heavy atom. The number of hydrogen-bond acceptors (Lipinski definition) is 4. The van der Waals surface area contributed by atoms with E-state index < -0.39 is 0 Å². The van der Waals surface area contributed by atoms with Crippen molar-refractivity contribution >= 4 is 40.5 Å². The number of halogens is 1. The minimum absolute atomic E-state index is 0.264. The van der Waals surface area contributed by atoms with E-state index in [1.165, 1.54) is 0 Å². The number of fused-ring (bicyclic) bond motifs is 2. The number of nitrogens with one attached hydrogen (secondary N) is 2. The molecule has 4 rings (SSSR count). The molecule has 0 spiro atoms. The van der Waals surface area contributed by atoms with Crippen molar-refractivity contribution in [3.05, 3.63) is 76.8 Å². The third kappa shape index (κ3) is 3.88. The molecule has 0 saturated heterocycles. The van der Waals surface area contributed by atoms with Gasteiger partial charge in [0.15, 0.2) is 5.75 Å². The van der Waals surface area contributed by atoms with Gasteiger partial charge in [0.25, 0.3) is 11.8 Å². The molecule has 0 atom stereocenters. The van der Waals surface area contributed by atoms with Crippen LogP contribution in [0.1, 0.15) is 20.7 Å². The molecule has 0 aromatic heterocycles. The molecule has 0 bridgehead atoms. The Hall–Kier alpha value is -3.51. The van der Waals surface area contributed by atoms with Crippen LogP contribution in [-0.2, 0) is 0 Å². The fourth-order valence-corrected chi connectivity index (χ4v) is 3.16. The van der Waals surface area contributed by atoms with Crippen LogP contribution < -0.4 is 20.3 Å². The van der Waals surface area contributed by atoms with Crippen LogP contribution in [-0.4, -0.2) is 25.9 Å². The van der Waals surface area contributed by atoms with E-state index in [9.17, 15) is 9.59 Å². The van der Waals surface area contributed by atoms with Crippen LogP contribution in [0.5, 0.6) is 11.5 Å². The number of carbonyl (C=O) groups excluding carboxylic acids is 2. The normalized spacial score (nSPS) is 12.0. The smallest absolute Gasteiger partial charge is 0.259 e. The number of benzene rings is 3. The van der Waals surface area contributed by atoms with Crippen molar-refractivity contribution in [3.8, 4) is 11.5 Å². The van der Waals surface area contributed by atoms with Gasteiger partial charge in [-0.1, -0.05) is 11.6 Å². The molecule has 1 heterocycles. The Labute approximate surface area is 173 Å². The van der Waals surface area contributed by atoms with Crippen molar-refractivity contribution in [1.82, 2.24) is 0 Å². The molecular weight excluding hydrogens is 390 g/mol. The van der Waals surface area contributed by atoms with Gasteiger partial charge in [0.05, 0.1) is 11.3 Å². The second kappa shape index (κ2) is 7.48. The molecule has 3 aromatic rings. The van der Waals surface area contributed by atoms with Gasteiger partial charge in [-0.15, -0.1) is 0 Å². The Morgan fingerprint density at radius 3 is 2.45 bits per heavy atom. The summed E-state index contributed by atoms with van der Waals surface area (Å²) in [6.07, 6.45) is 0. The first kappa shape index (κ1) is 18.8. The Morgan fingerprint density at radius 2 is 1.72 bits per heavy atom. The highest BCUT2D eigenvalue weighted by molar-refractivity contribution is 6.31. The molecule has 146 valence electrons. The van der Waals surface area contributed by atoms with Gasteiger partial charge >= 0.3 is 0 Å². The minimum Gasteiger partial charge on any atom is -0.454 e. The van der Waals surface area contributed by atoms with Crippen LogP contribution in [0.25, 0.3) is 0 Å². The van der Waals surface area contributed by atoms with Gasteiger partial charge in [-0.25, -0.2) is 0 Å². The fourth-order valence-electron chi connectivity index (χ4n) is 2.99. The van der Waals surface area contributed by atoms with E-state index in [0.29, 0.717) is 39.0 Å². The van der Waals surface area contributed by atoms with Crippen LogP contribution in [0, 0.1) is 0 Å². The molecule has 7 heteroatoms. The third-order valence-corrected chi connectivity index (χ3v) is 4.77. The molecule has 0 unspecified atom stereocenters. The average molecular weight is 408 g/mol. The molecule has 1 aliphatic heterocycles. The van der Waals surface area contributed by atoms with Crippen molar-refractivity contribution < 1.29 is 14.3 Å². The number of carbonyl (C=O) groups is 2. The summed E-state index contributed by atoms with van der Waals surface area (Å²) in [4.78, 5) is 27.2. The topological polar surface area (TPSA) is 70.7 Å². The largest absolute Gasteiger partial charge is 0.454 e. The third-order valence-electron chi connectivity index (χ3n) is 4.54. The van der Waals surface area contributed by atoms with E-state index in [2.05, 4.69) is 10.6 Å². The van der Waals surface area contributed by atoms with Crippen molar-refractivity contribution in [2.24, 2.45) is 0 Å². The molecule has 1 aliphatic rings. The lowest BCUT2D eigenvalue weighted by Gasteiger charge is -2.13. The average Bonchev–Trinajstić information content (AvgIpc) is 2.83. The predicted octanol–water partition coefficient (Wildman–Crippen LogP) is 5.02. The Bertz CT molecular complexity index is 1110. The summed E-state index contributed by atoms with van der Waals surface area (Å²) in [6, 6.07) is 17.2. The first-order chi connectivity index (χ1) is 13.9. The van der Waals surface area contributed by atoms with Gasteiger partial charge in [-0.05, 0) is 60.7 Å². The summed E-state index contributed by atoms with van der Waals surface area (Å²) in [7, 11) is 3.87. The highest BCUT2D eigenvalue weighted by atomic mass is 35.5. The Balaban J connectivity index is 1.57. The van der Waals surface area contributed by atoms with Gasteiger partial charge < -0.3 is 20.3 Å². The lowest BCUT2D eigenvalue weighted by Crippen LogP contribution is -2.14. The molecule has 3 aromatic carbocycles. The number of hydrogen-bond donors (Lipinski definition) is 2. The molecule has 6 nitrogen and oxygen atoms in total. The van der Waals surface area contributed by atoms with Crippen molar-refractivity contribution in [2.45, 2.75) is 0 Å². The molecular formula is C22H18ClN3O3. The SMILES string of the molecule is CN(C)c1ccc(C(=O)Nc2ccc3c(c2)C(=O)Nc2cc(Cl)ccc2O3)cc1. The summed E-state index contributed by atoms with van der Waals surface area (Å²) in [6.45, 7) is 0. The monoisotopic (exact) mass is 407 g/mol. The lowest BCUT2D eigenvalue weighted by atomic mass is 10.1. The summed E-state index contributed by atoms with van der Waals surface area (Å²) in [5.74, 6) is 0.295. The summed E-state index contributed by atoms with van der Waals surface area (Å²) in [5.41, 5.74) is 2.82. The second-order valence-corrected chi connectivity index (χ2v) is 7.24. The van der Waals surface area contributed by atoms with E-state index in [1.54, 1.807) is 48.5 Å². The van der Waals surface area contributed by atoms with Gasteiger partial charge in [0.2, 0.25) is 0 Å². The van der Waals surface area contributed by atoms with E-state index in [-0.39, 0.29) is 11.8 Å². The van der Waals surface area contributed by atoms with Crippen molar-refractivity contribution in [2.75, 3.05) is 29.6 Å². The molecule has 0 radical (unpaired) electrons. The molecule has 29 heavy (non-hydrogen) atoms. The van der Waals surface area contributed by atoms with Crippen LogP contribution in [0.2, 0.25) is 5.02 Å². The zero-order valence-corrected chi connectivity index (χ0v) is 16.6. The highest BCUT2D eigenvalue weighted by Gasteiger charge is 2.22. The predicted molar refractivity (Wildman–Crippen MR) is 115 cm³/mol. The highest BCUT2D eigenvalue weighted by Crippen LogP contribution is 2.38. The zero-order valence-electron chi connectivity index (χ0n) is 15.8. The summed E-state index contributed by atoms with van der Waals surface area (Å²) < 4.78 is 5.85. The maximum atomic E-state index is 12.6. The molecule has 2 amide bonds. The number of ether oxygens (including phenoxy) is 1. The number of rotatable bonds is 3. The van der Waals surface area contributed by atoms with Crippen LogP contribution in [0.3, 0.4) is 0 Å². The van der Waals surface area contributed by atoms with Crippen molar-refractivity contribution in [3.63, 3.8) is 0 Å². The standard InChI is InChI=1S/C22H18ClN3O3/c1-26(2)16-7-3-13(4-8-16)21(27)24-15-6-10-19-17(12-15)22(28)25-18-11-14(23)5-9-20(18)29-19/h3-12H,1-2H3,(H,24,27)(H,25,28). The first-order valence-electron chi connectivity index (χ1n) is 8.92. The Kier molecular flexibility index (Phi) is 4.86. The van der Waals surface area contributed by atoms with Crippen LogP contribution in [0.4, 0.5) is 17.1 Å². The maximum absolute atomic E-state index is 12.6. The van der Waals surface area contributed by atoms with Gasteiger partial charge in [-0.3, -0.25) is 9.59 Å². The van der Waals surface area contributed by atoms with Gasteiger partial charge in [-0.2, -0.15) is 0 Å². The molecule has 0 aliphatic carbocycles. The second-order valence-electron chi connectivity index (χ2n) is 6.80. The maximum Gasteiger partial charge on any atom is 0.259 e. The summed E-state index contributed by atoms with van der Waals surface area (Å²) >= 11 is 6.00. The minimum atomic E-state index is -0.340. The van der Waals surface area contributed by atoms with Gasteiger partial charge in [0, 0.05) is 36.1 Å².